The molecule has 0 atom stereocenters. The van der Waals surface area contributed by atoms with Crippen molar-refractivity contribution in [2.24, 2.45) is 0 Å². The lowest BCUT2D eigenvalue weighted by Crippen LogP contribution is -1.91. The lowest BCUT2D eigenvalue weighted by atomic mass is 10.0. The van der Waals surface area contributed by atoms with E-state index >= 15 is 0 Å². The minimum Gasteiger partial charge on any atom is -0.295 e. The molecule has 0 N–H and O–H groups in total. The SMILES string of the molecule is CC(=O)c1ccc2cc(C(F)=C(F)F)ccc2c1. The average molecular weight is 250 g/mol. The number of hydrogen-bond acceptors (Lipinski definition) is 1. The van der Waals surface area contributed by atoms with Crippen molar-refractivity contribution in [1.82, 2.24) is 0 Å². The zero-order valence-electron chi connectivity index (χ0n) is 9.51. The second-order valence-corrected chi connectivity index (χ2v) is 3.91. The van der Waals surface area contributed by atoms with Gasteiger partial charge in [-0.2, -0.15) is 8.78 Å². The third-order valence-electron chi connectivity index (χ3n) is 2.67. The van der Waals surface area contributed by atoms with E-state index in [1.807, 2.05) is 0 Å². The average Bonchev–Trinajstić information content (AvgIpc) is 2.36. The van der Waals surface area contributed by atoms with Crippen molar-refractivity contribution in [2.45, 2.75) is 6.92 Å². The standard InChI is InChI=1S/C14H9F3O/c1-8(18)9-2-3-11-7-12(13(15)14(16)17)5-4-10(11)6-9/h2-7H,1H3. The molecule has 2 aromatic rings. The van der Waals surface area contributed by atoms with Crippen LogP contribution in [0.4, 0.5) is 13.2 Å². The smallest absolute Gasteiger partial charge is 0.295 e. The van der Waals surface area contributed by atoms with E-state index in [0.29, 0.717) is 16.3 Å². The number of carbonyl (C=O) groups excluding carboxylic acids is 1. The molecule has 0 aromatic heterocycles. The summed E-state index contributed by atoms with van der Waals surface area (Å²) in [5.74, 6) is -1.60. The van der Waals surface area contributed by atoms with Crippen LogP contribution in [0, 0.1) is 0 Å². The first kappa shape index (κ1) is 12.4. The van der Waals surface area contributed by atoms with E-state index in [-0.39, 0.29) is 11.3 Å². The lowest BCUT2D eigenvalue weighted by molar-refractivity contribution is 0.101. The van der Waals surface area contributed by atoms with Crippen molar-refractivity contribution in [3.05, 3.63) is 53.6 Å². The molecule has 2 aromatic carbocycles. The van der Waals surface area contributed by atoms with E-state index in [4.69, 9.17) is 0 Å². The molecule has 4 heteroatoms. The monoisotopic (exact) mass is 250 g/mol. The molecule has 0 saturated carbocycles. The van der Waals surface area contributed by atoms with Crippen molar-refractivity contribution in [3.8, 4) is 0 Å². The molecule has 0 aliphatic heterocycles. The molecule has 0 aliphatic rings. The summed E-state index contributed by atoms with van der Waals surface area (Å²) in [5, 5.41) is 1.31. The Hall–Kier alpha value is -2.10. The van der Waals surface area contributed by atoms with Gasteiger partial charge in [0.2, 0.25) is 0 Å². The van der Waals surface area contributed by atoms with Gasteiger partial charge in [0.25, 0.3) is 0 Å². The van der Waals surface area contributed by atoms with E-state index in [1.54, 1.807) is 18.2 Å². The van der Waals surface area contributed by atoms with Crippen LogP contribution < -0.4 is 0 Å². The van der Waals surface area contributed by atoms with Crippen LogP contribution in [0.15, 0.2) is 42.5 Å². The first-order chi connectivity index (χ1) is 8.49. The number of ketones is 1. The third-order valence-corrected chi connectivity index (χ3v) is 2.67. The highest BCUT2D eigenvalue weighted by Gasteiger charge is 2.09. The van der Waals surface area contributed by atoms with Gasteiger partial charge in [0, 0.05) is 11.1 Å². The highest BCUT2D eigenvalue weighted by molar-refractivity contribution is 5.98. The Labute approximate surface area is 102 Å². The second-order valence-electron chi connectivity index (χ2n) is 3.91. The molecule has 1 nitrogen and oxygen atoms in total. The lowest BCUT2D eigenvalue weighted by Gasteiger charge is -2.03. The molecule has 0 heterocycles. The van der Waals surface area contributed by atoms with Gasteiger partial charge in [0.05, 0.1) is 0 Å². The Morgan fingerprint density at radius 1 is 0.889 bits per heavy atom. The highest BCUT2D eigenvalue weighted by Crippen LogP contribution is 2.26. The van der Waals surface area contributed by atoms with Gasteiger partial charge in [0.15, 0.2) is 11.6 Å². The first-order valence-electron chi connectivity index (χ1n) is 5.25. The summed E-state index contributed by atoms with van der Waals surface area (Å²) in [5.41, 5.74) is 0.362. The quantitative estimate of drug-likeness (QED) is 0.713. The Morgan fingerprint density at radius 3 is 1.89 bits per heavy atom. The Morgan fingerprint density at radius 2 is 1.39 bits per heavy atom. The number of hydrogen-bond donors (Lipinski definition) is 0. The molecular formula is C14H9F3O. The number of benzene rings is 2. The van der Waals surface area contributed by atoms with Gasteiger partial charge in [-0.1, -0.05) is 24.3 Å². The van der Waals surface area contributed by atoms with Crippen LogP contribution in [-0.2, 0) is 0 Å². The zero-order chi connectivity index (χ0) is 13.3. The molecular weight excluding hydrogens is 241 g/mol. The summed E-state index contributed by atoms with van der Waals surface area (Å²) in [6.07, 6.45) is -2.34. The van der Waals surface area contributed by atoms with Gasteiger partial charge < -0.3 is 0 Å². The molecule has 0 unspecified atom stereocenters. The molecule has 0 bridgehead atoms. The van der Waals surface area contributed by atoms with E-state index < -0.39 is 11.9 Å². The maximum Gasteiger partial charge on any atom is 0.306 e. The first-order valence-corrected chi connectivity index (χ1v) is 5.25. The molecule has 2 rings (SSSR count). The number of Topliss-reactive ketones (excluding diaryl/α,β-unsaturated/α-hetero) is 1. The predicted molar refractivity (Wildman–Crippen MR) is 64.2 cm³/mol. The second kappa shape index (κ2) is 4.64. The Bertz CT molecular complexity index is 655. The van der Waals surface area contributed by atoms with Gasteiger partial charge in [-0.15, -0.1) is 0 Å². The minimum atomic E-state index is -2.34. The number of carbonyl (C=O) groups is 1. The van der Waals surface area contributed by atoms with Crippen molar-refractivity contribution in [2.75, 3.05) is 0 Å². The maximum atomic E-state index is 13.1. The van der Waals surface area contributed by atoms with Crippen molar-refractivity contribution in [1.29, 1.82) is 0 Å². The fourth-order valence-corrected chi connectivity index (χ4v) is 1.71. The summed E-state index contributed by atoms with van der Waals surface area (Å²) in [4.78, 5) is 11.2. The molecule has 0 amide bonds. The van der Waals surface area contributed by atoms with Gasteiger partial charge >= 0.3 is 6.08 Å². The molecule has 0 radical (unpaired) electrons. The molecule has 92 valence electrons. The van der Waals surface area contributed by atoms with E-state index in [1.165, 1.54) is 25.1 Å². The molecule has 0 spiro atoms. The Kier molecular flexibility index (Phi) is 3.19. The predicted octanol–water partition coefficient (Wildman–Crippen LogP) is 4.58. The normalized spacial score (nSPS) is 10.4. The van der Waals surface area contributed by atoms with Crippen LogP contribution in [0.2, 0.25) is 0 Å². The van der Waals surface area contributed by atoms with Crippen LogP contribution >= 0.6 is 0 Å². The molecule has 0 fully saturated rings. The van der Waals surface area contributed by atoms with E-state index in [0.717, 1.165) is 0 Å². The van der Waals surface area contributed by atoms with Gasteiger partial charge in [-0.3, -0.25) is 4.79 Å². The van der Waals surface area contributed by atoms with Crippen LogP contribution in [0.1, 0.15) is 22.8 Å². The van der Waals surface area contributed by atoms with Gasteiger partial charge in [0.1, 0.15) is 0 Å². The van der Waals surface area contributed by atoms with E-state index in [9.17, 15) is 18.0 Å². The van der Waals surface area contributed by atoms with Gasteiger partial charge in [-0.25, -0.2) is 4.39 Å². The molecule has 0 saturated heterocycles. The number of rotatable bonds is 2. The van der Waals surface area contributed by atoms with Crippen LogP contribution in [0.5, 0.6) is 0 Å². The molecule has 0 aliphatic carbocycles. The van der Waals surface area contributed by atoms with Crippen LogP contribution in [0.3, 0.4) is 0 Å². The highest BCUT2D eigenvalue weighted by atomic mass is 19.3. The van der Waals surface area contributed by atoms with Gasteiger partial charge in [-0.05, 0) is 29.8 Å². The summed E-state index contributed by atoms with van der Waals surface area (Å²) in [6.45, 7) is 1.44. The fraction of sp³-hybridized carbons (Fsp3) is 0.0714. The summed E-state index contributed by atoms with van der Waals surface area (Å²) >= 11 is 0. The van der Waals surface area contributed by atoms with Crippen molar-refractivity contribution in [3.63, 3.8) is 0 Å². The van der Waals surface area contributed by atoms with Crippen molar-refractivity contribution >= 4 is 22.4 Å². The largest absolute Gasteiger partial charge is 0.306 e. The minimum absolute atomic E-state index is 0.0816. The zero-order valence-corrected chi connectivity index (χ0v) is 9.51. The maximum absolute atomic E-state index is 13.1. The summed E-state index contributed by atoms with van der Waals surface area (Å²) in [7, 11) is 0. The summed E-state index contributed by atoms with van der Waals surface area (Å²) < 4.78 is 37.4. The topological polar surface area (TPSA) is 17.1 Å². The Balaban J connectivity index is 2.58. The fourth-order valence-electron chi connectivity index (χ4n) is 1.71. The molecule has 18 heavy (non-hydrogen) atoms. The van der Waals surface area contributed by atoms with Crippen LogP contribution in [0.25, 0.3) is 16.6 Å². The number of fused-ring (bicyclic) bond motifs is 1. The van der Waals surface area contributed by atoms with Crippen molar-refractivity contribution < 1.29 is 18.0 Å². The summed E-state index contributed by atoms with van der Waals surface area (Å²) in [6, 6.07) is 8.95. The van der Waals surface area contributed by atoms with Crippen LogP contribution in [-0.4, -0.2) is 5.78 Å². The van der Waals surface area contributed by atoms with E-state index in [2.05, 4.69) is 0 Å². The third kappa shape index (κ3) is 2.27. The number of halogens is 3.